The molecule has 0 saturated carbocycles. The molecule has 0 aliphatic rings. The van der Waals surface area contributed by atoms with Gasteiger partial charge in [0.1, 0.15) is 0 Å². The lowest BCUT2D eigenvalue weighted by Crippen LogP contribution is -2.35. The molecule has 0 fully saturated rings. The van der Waals surface area contributed by atoms with Crippen LogP contribution in [0.1, 0.15) is 22.8 Å². The van der Waals surface area contributed by atoms with Crippen molar-refractivity contribution in [1.82, 2.24) is 5.32 Å². The monoisotopic (exact) mass is 386 g/mol. The van der Waals surface area contributed by atoms with Crippen LogP contribution >= 0.6 is 0 Å². The van der Waals surface area contributed by atoms with Gasteiger partial charge in [0.25, 0.3) is 5.91 Å². The number of carbonyl (C=O) groups is 3. The van der Waals surface area contributed by atoms with E-state index in [4.69, 9.17) is 9.47 Å². The zero-order valence-electron chi connectivity index (χ0n) is 15.0. The number of ether oxygens (including phenoxy) is 2. The first kappa shape index (κ1) is 20.6. The van der Waals surface area contributed by atoms with Crippen molar-refractivity contribution in [3.05, 3.63) is 69.8 Å². The Morgan fingerprint density at radius 1 is 1.07 bits per heavy atom. The van der Waals surface area contributed by atoms with Gasteiger partial charge in [-0.2, -0.15) is 0 Å². The number of esters is 1. The van der Waals surface area contributed by atoms with E-state index >= 15 is 0 Å². The number of nitro groups is 1. The molecule has 2 amide bonds. The number of amides is 2. The summed E-state index contributed by atoms with van der Waals surface area (Å²) in [6, 6.07) is 12.4. The molecule has 0 bridgehead atoms. The van der Waals surface area contributed by atoms with Crippen molar-refractivity contribution in [3.8, 4) is 5.75 Å². The fourth-order valence-electron chi connectivity index (χ4n) is 2.30. The van der Waals surface area contributed by atoms with Crippen LogP contribution < -0.4 is 10.1 Å². The zero-order valence-corrected chi connectivity index (χ0v) is 15.0. The SMILES string of the molecule is CCOc1ccc(C(=O)OCC(=O)NC(=O)Cc2ccccc2)cc1[N+](=O)[O-]. The molecule has 28 heavy (non-hydrogen) atoms. The molecule has 9 heteroatoms. The van der Waals surface area contributed by atoms with Gasteiger partial charge in [-0.3, -0.25) is 25.0 Å². The standard InChI is InChI=1S/C19H18N2O7/c1-2-27-16-9-8-14(11-15(16)21(25)26)19(24)28-12-18(23)20-17(22)10-13-6-4-3-5-7-13/h3-9,11H,2,10,12H2,1H3,(H,20,22,23). The maximum absolute atomic E-state index is 12.0. The van der Waals surface area contributed by atoms with E-state index in [1.54, 1.807) is 37.3 Å². The Bertz CT molecular complexity index is 881. The summed E-state index contributed by atoms with van der Waals surface area (Å²) in [4.78, 5) is 46.0. The third kappa shape index (κ3) is 5.90. The molecule has 0 unspecified atom stereocenters. The molecule has 0 aromatic heterocycles. The van der Waals surface area contributed by atoms with Crippen LogP contribution in [0.25, 0.3) is 0 Å². The van der Waals surface area contributed by atoms with Gasteiger partial charge in [0.15, 0.2) is 12.4 Å². The maximum atomic E-state index is 12.0. The van der Waals surface area contributed by atoms with Crippen molar-refractivity contribution in [1.29, 1.82) is 0 Å². The average Bonchev–Trinajstić information content (AvgIpc) is 2.67. The lowest BCUT2D eigenvalue weighted by atomic mass is 10.1. The number of nitro benzene ring substituents is 1. The molecule has 2 aromatic rings. The van der Waals surface area contributed by atoms with Crippen LogP contribution in [0.15, 0.2) is 48.5 Å². The quantitative estimate of drug-likeness (QED) is 0.418. The highest BCUT2D eigenvalue weighted by Crippen LogP contribution is 2.28. The Morgan fingerprint density at radius 3 is 2.43 bits per heavy atom. The Balaban J connectivity index is 1.90. The predicted molar refractivity (Wildman–Crippen MR) is 97.8 cm³/mol. The van der Waals surface area contributed by atoms with Gasteiger partial charge >= 0.3 is 11.7 Å². The van der Waals surface area contributed by atoms with Crippen molar-refractivity contribution in [2.75, 3.05) is 13.2 Å². The second kappa shape index (κ2) is 9.81. The lowest BCUT2D eigenvalue weighted by molar-refractivity contribution is -0.385. The van der Waals surface area contributed by atoms with E-state index in [0.29, 0.717) is 0 Å². The molecule has 0 radical (unpaired) electrons. The van der Waals surface area contributed by atoms with Gasteiger partial charge < -0.3 is 9.47 Å². The highest BCUT2D eigenvalue weighted by molar-refractivity contribution is 5.98. The number of nitrogens with one attached hydrogen (secondary N) is 1. The molecular weight excluding hydrogens is 368 g/mol. The second-order valence-electron chi connectivity index (χ2n) is 5.58. The number of benzene rings is 2. The first-order valence-electron chi connectivity index (χ1n) is 8.35. The molecule has 0 saturated heterocycles. The van der Waals surface area contributed by atoms with Gasteiger partial charge in [0, 0.05) is 6.07 Å². The Hall–Kier alpha value is -3.75. The van der Waals surface area contributed by atoms with Crippen LogP contribution in [0.2, 0.25) is 0 Å². The number of nitrogens with zero attached hydrogens (tertiary/aromatic N) is 1. The molecule has 0 atom stereocenters. The van der Waals surface area contributed by atoms with E-state index < -0.39 is 35.0 Å². The molecule has 146 valence electrons. The number of hydrogen-bond donors (Lipinski definition) is 1. The summed E-state index contributed by atoms with van der Waals surface area (Å²) in [7, 11) is 0. The number of imide groups is 1. The third-order valence-corrected chi connectivity index (χ3v) is 3.51. The van der Waals surface area contributed by atoms with Crippen molar-refractivity contribution in [2.24, 2.45) is 0 Å². The van der Waals surface area contributed by atoms with Crippen LogP contribution in [0, 0.1) is 10.1 Å². The summed E-state index contributed by atoms with van der Waals surface area (Å²) < 4.78 is 9.94. The minimum absolute atomic E-state index is 0.00557. The number of hydrogen-bond acceptors (Lipinski definition) is 7. The molecule has 0 heterocycles. The number of rotatable bonds is 8. The van der Waals surface area contributed by atoms with Crippen molar-refractivity contribution < 1.29 is 28.8 Å². The van der Waals surface area contributed by atoms with E-state index in [2.05, 4.69) is 5.32 Å². The van der Waals surface area contributed by atoms with Gasteiger partial charge in [-0.25, -0.2) is 4.79 Å². The van der Waals surface area contributed by atoms with Gasteiger partial charge in [-0.15, -0.1) is 0 Å². The first-order valence-corrected chi connectivity index (χ1v) is 8.35. The van der Waals surface area contributed by atoms with Crippen molar-refractivity contribution >= 4 is 23.5 Å². The van der Waals surface area contributed by atoms with Crippen LogP contribution in [-0.2, 0) is 20.7 Å². The van der Waals surface area contributed by atoms with E-state index in [1.807, 2.05) is 0 Å². The summed E-state index contributed by atoms with van der Waals surface area (Å²) in [5.41, 5.74) is 0.226. The van der Waals surface area contributed by atoms with E-state index in [-0.39, 0.29) is 24.3 Å². The lowest BCUT2D eigenvalue weighted by Gasteiger charge is -2.08. The van der Waals surface area contributed by atoms with Gasteiger partial charge in [0.2, 0.25) is 5.91 Å². The van der Waals surface area contributed by atoms with Gasteiger partial charge in [0.05, 0.1) is 23.5 Å². The summed E-state index contributed by atoms with van der Waals surface area (Å²) in [6.45, 7) is 1.20. The fraction of sp³-hybridized carbons (Fsp3) is 0.211. The van der Waals surface area contributed by atoms with Crippen molar-refractivity contribution in [3.63, 3.8) is 0 Å². The summed E-state index contributed by atoms with van der Waals surface area (Å²) in [6.07, 6.45) is 0.00557. The summed E-state index contributed by atoms with van der Waals surface area (Å²) >= 11 is 0. The highest BCUT2D eigenvalue weighted by atomic mass is 16.6. The molecule has 0 aliphatic carbocycles. The Morgan fingerprint density at radius 2 is 1.79 bits per heavy atom. The molecule has 0 aliphatic heterocycles. The molecule has 2 aromatic carbocycles. The van der Waals surface area contributed by atoms with E-state index in [0.717, 1.165) is 11.6 Å². The Kier molecular flexibility index (Phi) is 7.21. The zero-order chi connectivity index (χ0) is 20.5. The minimum atomic E-state index is -0.934. The van der Waals surface area contributed by atoms with Gasteiger partial charge in [-0.1, -0.05) is 30.3 Å². The predicted octanol–water partition coefficient (Wildman–Crippen LogP) is 2.04. The highest BCUT2D eigenvalue weighted by Gasteiger charge is 2.20. The van der Waals surface area contributed by atoms with Crippen LogP contribution in [-0.4, -0.2) is 35.9 Å². The van der Waals surface area contributed by atoms with E-state index in [9.17, 15) is 24.5 Å². The van der Waals surface area contributed by atoms with Crippen LogP contribution in [0.5, 0.6) is 5.75 Å². The largest absolute Gasteiger partial charge is 0.487 e. The maximum Gasteiger partial charge on any atom is 0.338 e. The molecule has 0 spiro atoms. The second-order valence-corrected chi connectivity index (χ2v) is 5.58. The average molecular weight is 386 g/mol. The Labute approximate surface area is 160 Å². The minimum Gasteiger partial charge on any atom is -0.487 e. The molecular formula is C19H18N2O7. The molecule has 1 N–H and O–H groups in total. The van der Waals surface area contributed by atoms with Crippen molar-refractivity contribution in [2.45, 2.75) is 13.3 Å². The smallest absolute Gasteiger partial charge is 0.338 e. The van der Waals surface area contributed by atoms with E-state index in [1.165, 1.54) is 12.1 Å². The summed E-state index contributed by atoms with van der Waals surface area (Å²) in [5, 5.41) is 13.2. The topological polar surface area (TPSA) is 125 Å². The molecule has 2 rings (SSSR count). The normalized spacial score (nSPS) is 10.0. The first-order chi connectivity index (χ1) is 13.4. The molecule has 9 nitrogen and oxygen atoms in total. The van der Waals surface area contributed by atoms with Crippen LogP contribution in [0.3, 0.4) is 0 Å². The number of carbonyl (C=O) groups excluding carboxylic acids is 3. The third-order valence-electron chi connectivity index (χ3n) is 3.51. The van der Waals surface area contributed by atoms with Crippen LogP contribution in [0.4, 0.5) is 5.69 Å². The summed E-state index contributed by atoms with van der Waals surface area (Å²) in [5.74, 6) is -2.25. The van der Waals surface area contributed by atoms with Gasteiger partial charge in [-0.05, 0) is 24.6 Å². The fourth-order valence-corrected chi connectivity index (χ4v) is 2.30.